The lowest BCUT2D eigenvalue weighted by atomic mass is 10.1. The van der Waals surface area contributed by atoms with E-state index in [2.05, 4.69) is 20.4 Å². The van der Waals surface area contributed by atoms with E-state index in [0.717, 1.165) is 11.3 Å². The lowest BCUT2D eigenvalue weighted by Gasteiger charge is -2.29. The Morgan fingerprint density at radius 1 is 1.18 bits per heavy atom. The van der Waals surface area contributed by atoms with Crippen molar-refractivity contribution in [2.75, 3.05) is 10.3 Å². The van der Waals surface area contributed by atoms with Gasteiger partial charge in [-0.25, -0.2) is 14.8 Å². The van der Waals surface area contributed by atoms with Gasteiger partial charge in [-0.1, -0.05) is 24.3 Å². The largest absolute Gasteiger partial charge is 0.346 e. The topological polar surface area (TPSA) is 73.7 Å². The summed E-state index contributed by atoms with van der Waals surface area (Å²) >= 11 is 0. The van der Waals surface area contributed by atoms with Crippen LogP contribution in [0.4, 0.5) is 16.2 Å². The van der Waals surface area contributed by atoms with Crippen LogP contribution in [-0.2, 0) is 0 Å². The number of hydrazone groups is 1. The number of benzene rings is 1. The summed E-state index contributed by atoms with van der Waals surface area (Å²) in [5.41, 5.74) is 2.38. The number of urea groups is 1. The number of anilines is 2. The maximum Gasteiger partial charge on any atom is 0.346 e. The fourth-order valence-corrected chi connectivity index (χ4v) is 2.60. The van der Waals surface area contributed by atoms with Crippen molar-refractivity contribution in [1.29, 1.82) is 0 Å². The number of nitrogens with one attached hydrogen (secondary N) is 1. The SMILES string of the molecule is O=C(Nc1cncnc1)N1c2ccccc2C2C=CC=NN21. The second kappa shape index (κ2) is 4.96. The third-order valence-electron chi connectivity index (χ3n) is 3.51. The fourth-order valence-electron chi connectivity index (χ4n) is 2.60. The summed E-state index contributed by atoms with van der Waals surface area (Å²) in [4.78, 5) is 20.4. The van der Waals surface area contributed by atoms with Crippen LogP contribution in [0.2, 0.25) is 0 Å². The number of carbonyl (C=O) groups is 1. The number of hydrogen-bond donors (Lipinski definition) is 1. The summed E-state index contributed by atoms with van der Waals surface area (Å²) in [7, 11) is 0. The van der Waals surface area contributed by atoms with Crippen molar-refractivity contribution in [1.82, 2.24) is 15.1 Å². The molecular weight excluding hydrogens is 280 g/mol. The lowest BCUT2D eigenvalue weighted by Crippen LogP contribution is -2.43. The van der Waals surface area contributed by atoms with Crippen molar-refractivity contribution < 1.29 is 4.79 Å². The molecule has 2 aliphatic rings. The lowest BCUT2D eigenvalue weighted by molar-refractivity contribution is 0.216. The van der Waals surface area contributed by atoms with Crippen LogP contribution in [-0.4, -0.2) is 27.3 Å². The van der Waals surface area contributed by atoms with E-state index in [-0.39, 0.29) is 12.1 Å². The molecule has 0 bridgehead atoms. The molecule has 1 aromatic carbocycles. The number of hydrazine groups is 1. The van der Waals surface area contributed by atoms with E-state index in [9.17, 15) is 4.79 Å². The van der Waals surface area contributed by atoms with Gasteiger partial charge >= 0.3 is 6.03 Å². The summed E-state index contributed by atoms with van der Waals surface area (Å²) in [5.74, 6) is 0. The molecule has 7 nitrogen and oxygen atoms in total. The maximum absolute atomic E-state index is 12.7. The highest BCUT2D eigenvalue weighted by atomic mass is 16.2. The third kappa shape index (κ3) is 1.91. The summed E-state index contributed by atoms with van der Waals surface area (Å²) in [5, 5.41) is 10.3. The first-order chi connectivity index (χ1) is 10.8. The highest BCUT2D eigenvalue weighted by Crippen LogP contribution is 2.41. The van der Waals surface area contributed by atoms with E-state index in [4.69, 9.17) is 0 Å². The molecule has 1 N–H and O–H groups in total. The normalized spacial score (nSPS) is 18.1. The minimum absolute atomic E-state index is 0.0704. The second-order valence-corrected chi connectivity index (χ2v) is 4.84. The van der Waals surface area contributed by atoms with E-state index in [1.54, 1.807) is 23.7 Å². The molecule has 108 valence electrons. The van der Waals surface area contributed by atoms with Crippen LogP contribution in [0.15, 0.2) is 60.2 Å². The van der Waals surface area contributed by atoms with Crippen LogP contribution >= 0.6 is 0 Å². The molecule has 0 fully saturated rings. The molecule has 0 saturated carbocycles. The van der Waals surface area contributed by atoms with E-state index in [0.29, 0.717) is 5.69 Å². The van der Waals surface area contributed by atoms with Crippen LogP contribution in [0.25, 0.3) is 0 Å². The third-order valence-corrected chi connectivity index (χ3v) is 3.51. The first kappa shape index (κ1) is 12.5. The van der Waals surface area contributed by atoms with Crippen molar-refractivity contribution >= 4 is 23.6 Å². The van der Waals surface area contributed by atoms with E-state index >= 15 is 0 Å². The molecule has 2 aliphatic heterocycles. The second-order valence-electron chi connectivity index (χ2n) is 4.84. The molecule has 7 heteroatoms. The number of nitrogens with zero attached hydrogens (tertiary/aromatic N) is 5. The van der Waals surface area contributed by atoms with Crippen LogP contribution in [0.3, 0.4) is 0 Å². The van der Waals surface area contributed by atoms with Gasteiger partial charge < -0.3 is 5.32 Å². The first-order valence-electron chi connectivity index (χ1n) is 6.79. The molecule has 1 atom stereocenters. The Hall–Kier alpha value is -3.22. The van der Waals surface area contributed by atoms with Gasteiger partial charge in [-0.15, -0.1) is 0 Å². The number of allylic oxidation sites excluding steroid dienone is 1. The molecular formula is C15H12N6O. The number of para-hydroxylation sites is 1. The molecule has 0 aliphatic carbocycles. The van der Waals surface area contributed by atoms with Gasteiger partial charge in [0.05, 0.1) is 23.8 Å². The zero-order valence-corrected chi connectivity index (χ0v) is 11.5. The average molecular weight is 292 g/mol. The predicted molar refractivity (Wildman–Crippen MR) is 82.2 cm³/mol. The van der Waals surface area contributed by atoms with Gasteiger partial charge in [-0.3, -0.25) is 0 Å². The Bertz CT molecular complexity index is 773. The summed E-state index contributed by atoms with van der Waals surface area (Å²) in [6.07, 6.45) is 10.0. The first-order valence-corrected chi connectivity index (χ1v) is 6.79. The molecule has 0 spiro atoms. The predicted octanol–water partition coefficient (Wildman–Crippen LogP) is 2.34. The number of fused-ring (bicyclic) bond motifs is 3. The molecule has 3 heterocycles. The Morgan fingerprint density at radius 3 is 2.86 bits per heavy atom. The zero-order valence-electron chi connectivity index (χ0n) is 11.5. The van der Waals surface area contributed by atoms with Gasteiger partial charge in [-0.2, -0.15) is 15.2 Å². The number of hydrogen-bond acceptors (Lipinski definition) is 5. The van der Waals surface area contributed by atoms with Crippen molar-refractivity contribution in [3.63, 3.8) is 0 Å². The van der Waals surface area contributed by atoms with E-state index in [1.165, 1.54) is 11.3 Å². The molecule has 4 rings (SSSR count). The minimum Gasteiger partial charge on any atom is -0.303 e. The Labute approximate surface area is 126 Å². The fraction of sp³-hybridized carbons (Fsp3) is 0.0667. The quantitative estimate of drug-likeness (QED) is 0.875. The van der Waals surface area contributed by atoms with Crippen molar-refractivity contribution in [2.24, 2.45) is 5.10 Å². The molecule has 1 unspecified atom stereocenters. The standard InChI is InChI=1S/C15H12N6O/c22-15(19-11-8-16-10-17-9-11)20-13-5-2-1-4-12(13)14-6-3-7-18-21(14)20/h1-10,14H,(H,19,22). The monoisotopic (exact) mass is 292 g/mol. The van der Waals surface area contributed by atoms with Crippen molar-refractivity contribution in [3.8, 4) is 0 Å². The van der Waals surface area contributed by atoms with Gasteiger partial charge in [0.1, 0.15) is 12.4 Å². The zero-order chi connectivity index (χ0) is 14.9. The minimum atomic E-state index is -0.308. The molecule has 22 heavy (non-hydrogen) atoms. The van der Waals surface area contributed by atoms with Gasteiger partial charge in [0, 0.05) is 11.8 Å². The van der Waals surface area contributed by atoms with Gasteiger partial charge in [0.2, 0.25) is 0 Å². The molecule has 0 radical (unpaired) electrons. The average Bonchev–Trinajstić information content (AvgIpc) is 2.90. The smallest absolute Gasteiger partial charge is 0.303 e. The highest BCUT2D eigenvalue weighted by Gasteiger charge is 2.38. The van der Waals surface area contributed by atoms with Gasteiger partial charge in [-0.05, 0) is 12.1 Å². The van der Waals surface area contributed by atoms with Crippen molar-refractivity contribution in [3.05, 3.63) is 60.7 Å². The van der Waals surface area contributed by atoms with Crippen LogP contribution < -0.4 is 10.3 Å². The van der Waals surface area contributed by atoms with Gasteiger partial charge in [0.25, 0.3) is 0 Å². The molecule has 2 amide bonds. The maximum atomic E-state index is 12.7. The van der Waals surface area contributed by atoms with Crippen molar-refractivity contribution in [2.45, 2.75) is 6.04 Å². The number of rotatable bonds is 1. The Kier molecular flexibility index (Phi) is 2.82. The molecule has 2 aromatic rings. The van der Waals surface area contributed by atoms with Gasteiger partial charge in [0.15, 0.2) is 0 Å². The summed E-state index contributed by atoms with van der Waals surface area (Å²) in [6.45, 7) is 0. The number of aromatic nitrogens is 2. The highest BCUT2D eigenvalue weighted by molar-refractivity contribution is 6.02. The van der Waals surface area contributed by atoms with Crippen LogP contribution in [0.1, 0.15) is 11.6 Å². The summed E-state index contributed by atoms with van der Waals surface area (Å²) < 4.78 is 0. The number of carbonyl (C=O) groups excluding carboxylic acids is 1. The molecule has 1 aromatic heterocycles. The van der Waals surface area contributed by atoms with E-state index < -0.39 is 0 Å². The van der Waals surface area contributed by atoms with Crippen LogP contribution in [0.5, 0.6) is 0 Å². The van der Waals surface area contributed by atoms with Crippen LogP contribution in [0, 0.1) is 0 Å². The summed E-state index contributed by atoms with van der Waals surface area (Å²) in [6, 6.07) is 7.37. The van der Waals surface area contributed by atoms with E-state index in [1.807, 2.05) is 36.4 Å². The Balaban J connectivity index is 1.70. The Morgan fingerprint density at radius 2 is 2.00 bits per heavy atom. The molecule has 0 saturated heterocycles. The number of amides is 2.